The van der Waals surface area contributed by atoms with Gasteiger partial charge in [-0.05, 0) is 48.9 Å². The van der Waals surface area contributed by atoms with Crippen molar-refractivity contribution in [3.05, 3.63) is 59.4 Å². The highest BCUT2D eigenvalue weighted by Gasteiger charge is 2.73. The van der Waals surface area contributed by atoms with E-state index in [2.05, 4.69) is 41.0 Å². The Balaban J connectivity index is 1.30. The van der Waals surface area contributed by atoms with E-state index in [1.165, 1.54) is 23.4 Å². The van der Waals surface area contributed by atoms with Gasteiger partial charge in [0, 0.05) is 24.0 Å². The lowest BCUT2D eigenvalue weighted by molar-refractivity contribution is -0.213. The Hall–Kier alpha value is -2.66. The highest BCUT2D eigenvalue weighted by atomic mass is 32.2. The van der Waals surface area contributed by atoms with Crippen LogP contribution in [0.2, 0.25) is 0 Å². The fraction of sp³-hybridized carbons (Fsp3) is 0.538. The number of halogens is 3. The SMILES string of the molecule is CN(C(=O)C12CC(NS(C)(=O)=O)(C1)C2)[C@@H](c1ccc(N[C@H]2Cc3ccccc3C2(C)C)cn1)C(F)(F)F. The average Bonchev–Trinajstić information content (AvgIpc) is 2.99. The minimum atomic E-state index is -4.73. The number of sulfonamides is 1. The van der Waals surface area contributed by atoms with Gasteiger partial charge in [-0.2, -0.15) is 13.2 Å². The number of fused-ring (bicyclic) bond motifs is 1. The topological polar surface area (TPSA) is 91.4 Å². The van der Waals surface area contributed by atoms with Crippen molar-refractivity contribution < 1.29 is 26.4 Å². The van der Waals surface area contributed by atoms with Gasteiger partial charge < -0.3 is 10.2 Å². The molecule has 1 aromatic heterocycles. The van der Waals surface area contributed by atoms with Crippen molar-refractivity contribution in [2.45, 2.75) is 68.7 Å². The third-order valence-electron chi connectivity index (χ3n) is 8.32. The van der Waals surface area contributed by atoms with Crippen LogP contribution in [-0.2, 0) is 26.7 Å². The molecule has 3 fully saturated rings. The number of carbonyl (C=O) groups excluding carboxylic acids is 1. The predicted molar refractivity (Wildman–Crippen MR) is 133 cm³/mol. The first kappa shape index (κ1) is 26.0. The molecule has 2 bridgehead atoms. The number of pyridine rings is 1. The molecule has 200 valence electrons. The Morgan fingerprint density at radius 3 is 2.32 bits per heavy atom. The van der Waals surface area contributed by atoms with Crippen molar-refractivity contribution in [2.75, 3.05) is 18.6 Å². The van der Waals surface area contributed by atoms with Gasteiger partial charge in [-0.15, -0.1) is 0 Å². The molecule has 0 unspecified atom stereocenters. The van der Waals surface area contributed by atoms with E-state index in [4.69, 9.17) is 0 Å². The normalized spacial score (nSPS) is 28.5. The Morgan fingerprint density at radius 1 is 1.14 bits per heavy atom. The summed E-state index contributed by atoms with van der Waals surface area (Å²) in [6, 6.07) is 8.93. The standard InChI is InChI=1S/C26H31F3N4O3S/c1-23(2)18-8-6-5-7-16(18)11-20(23)31-17-9-10-19(30-12-17)21(26(27,28)29)33(3)22(34)24-13-25(14-24,15-24)32-37(4,35)36/h5-10,12,20-21,31-32H,11,13-15H2,1-4H3/t20-,21-,24?,25?/m0/s1. The molecule has 1 amide bonds. The molecule has 0 radical (unpaired) electrons. The predicted octanol–water partition coefficient (Wildman–Crippen LogP) is 3.93. The number of carbonyl (C=O) groups is 1. The molecule has 2 atom stereocenters. The Morgan fingerprint density at radius 2 is 1.78 bits per heavy atom. The van der Waals surface area contributed by atoms with Crippen molar-refractivity contribution in [3.8, 4) is 0 Å². The molecule has 2 N–H and O–H groups in total. The summed E-state index contributed by atoms with van der Waals surface area (Å²) in [5.41, 5.74) is 1.00. The Bertz CT molecular complexity index is 1320. The zero-order valence-electron chi connectivity index (χ0n) is 21.2. The van der Waals surface area contributed by atoms with Crippen LogP contribution in [0, 0.1) is 5.41 Å². The molecule has 3 saturated carbocycles. The summed E-state index contributed by atoms with van der Waals surface area (Å²) in [7, 11) is -2.32. The highest BCUT2D eigenvalue weighted by Crippen LogP contribution is 2.68. The molecule has 0 saturated heterocycles. The van der Waals surface area contributed by atoms with Crippen LogP contribution in [0.1, 0.15) is 56.0 Å². The van der Waals surface area contributed by atoms with Gasteiger partial charge in [0.2, 0.25) is 15.9 Å². The number of benzene rings is 1. The summed E-state index contributed by atoms with van der Waals surface area (Å²) in [5, 5.41) is 3.43. The Kier molecular flexibility index (Phi) is 5.73. The van der Waals surface area contributed by atoms with Gasteiger partial charge in [0.15, 0.2) is 6.04 Å². The van der Waals surface area contributed by atoms with Gasteiger partial charge in [-0.1, -0.05) is 38.1 Å². The molecule has 1 heterocycles. The summed E-state index contributed by atoms with van der Waals surface area (Å²) in [6.45, 7) is 4.28. The number of hydrogen-bond donors (Lipinski definition) is 2. The number of anilines is 1. The van der Waals surface area contributed by atoms with Crippen LogP contribution in [0.5, 0.6) is 0 Å². The van der Waals surface area contributed by atoms with Crippen LogP contribution in [-0.4, -0.2) is 55.3 Å². The molecule has 2 aromatic rings. The largest absolute Gasteiger partial charge is 0.414 e. The number of aromatic nitrogens is 1. The van der Waals surface area contributed by atoms with Gasteiger partial charge in [0.25, 0.3) is 0 Å². The maximum Gasteiger partial charge on any atom is 0.414 e. The lowest BCUT2D eigenvalue weighted by Crippen LogP contribution is -2.78. The number of hydrogen-bond acceptors (Lipinski definition) is 5. The summed E-state index contributed by atoms with van der Waals surface area (Å²) in [4.78, 5) is 18.0. The monoisotopic (exact) mass is 536 g/mol. The maximum atomic E-state index is 14.2. The maximum absolute atomic E-state index is 14.2. The van der Waals surface area contributed by atoms with Gasteiger partial charge in [0.1, 0.15) is 0 Å². The van der Waals surface area contributed by atoms with Gasteiger partial charge in [-0.25, -0.2) is 13.1 Å². The summed E-state index contributed by atoms with van der Waals surface area (Å²) in [5.74, 6) is -0.638. The fourth-order valence-corrected chi connectivity index (χ4v) is 7.67. The quantitative estimate of drug-likeness (QED) is 0.560. The minimum Gasteiger partial charge on any atom is -0.380 e. The molecule has 4 aliphatic carbocycles. The van der Waals surface area contributed by atoms with Crippen molar-refractivity contribution in [1.29, 1.82) is 0 Å². The average molecular weight is 537 g/mol. The van der Waals surface area contributed by atoms with Crippen molar-refractivity contribution in [1.82, 2.24) is 14.6 Å². The molecule has 7 nitrogen and oxygen atoms in total. The summed E-state index contributed by atoms with van der Waals surface area (Å²) >= 11 is 0. The second-order valence-electron chi connectivity index (χ2n) is 11.6. The zero-order valence-corrected chi connectivity index (χ0v) is 22.0. The van der Waals surface area contributed by atoms with E-state index < -0.39 is 39.1 Å². The number of alkyl halides is 3. The first-order valence-electron chi connectivity index (χ1n) is 12.2. The van der Waals surface area contributed by atoms with Gasteiger partial charge in [-0.3, -0.25) is 9.78 Å². The van der Waals surface area contributed by atoms with Crippen molar-refractivity contribution >= 4 is 21.6 Å². The van der Waals surface area contributed by atoms with E-state index in [0.29, 0.717) is 5.69 Å². The lowest BCUT2D eigenvalue weighted by Gasteiger charge is -2.69. The second-order valence-corrected chi connectivity index (χ2v) is 13.3. The third kappa shape index (κ3) is 4.39. The van der Waals surface area contributed by atoms with E-state index in [9.17, 15) is 26.4 Å². The van der Waals surface area contributed by atoms with Gasteiger partial charge >= 0.3 is 6.18 Å². The third-order valence-corrected chi connectivity index (χ3v) is 9.12. The smallest absolute Gasteiger partial charge is 0.380 e. The molecule has 11 heteroatoms. The van der Waals surface area contributed by atoms with E-state index in [0.717, 1.165) is 24.6 Å². The molecule has 37 heavy (non-hydrogen) atoms. The van der Waals surface area contributed by atoms with Gasteiger partial charge in [0.05, 0.1) is 29.2 Å². The molecular weight excluding hydrogens is 505 g/mol. The lowest BCUT2D eigenvalue weighted by atomic mass is 9.39. The highest BCUT2D eigenvalue weighted by molar-refractivity contribution is 7.88. The van der Waals surface area contributed by atoms with Crippen LogP contribution in [0.3, 0.4) is 0 Å². The van der Waals surface area contributed by atoms with E-state index in [-0.39, 0.29) is 36.4 Å². The number of nitrogens with one attached hydrogen (secondary N) is 2. The summed E-state index contributed by atoms with van der Waals surface area (Å²) in [6.07, 6.45) is -0.898. The van der Waals surface area contributed by atoms with Crippen LogP contribution in [0.25, 0.3) is 0 Å². The van der Waals surface area contributed by atoms with Crippen molar-refractivity contribution in [2.24, 2.45) is 5.41 Å². The molecule has 1 aromatic carbocycles. The van der Waals surface area contributed by atoms with Crippen LogP contribution < -0.4 is 10.0 Å². The summed E-state index contributed by atoms with van der Waals surface area (Å²) < 4.78 is 68.2. The minimum absolute atomic E-state index is 0.0531. The Labute approximate surface area is 214 Å². The first-order valence-corrected chi connectivity index (χ1v) is 14.1. The van der Waals surface area contributed by atoms with Crippen molar-refractivity contribution in [3.63, 3.8) is 0 Å². The van der Waals surface area contributed by atoms with Crippen LogP contribution >= 0.6 is 0 Å². The van der Waals surface area contributed by atoms with Crippen LogP contribution in [0.4, 0.5) is 18.9 Å². The van der Waals surface area contributed by atoms with E-state index in [1.807, 2.05) is 12.1 Å². The molecular formula is C26H31F3N4O3S. The number of amides is 1. The molecule has 6 rings (SSSR count). The zero-order chi connectivity index (χ0) is 27.0. The number of rotatable bonds is 7. The molecule has 4 aliphatic rings. The van der Waals surface area contributed by atoms with E-state index >= 15 is 0 Å². The fourth-order valence-electron chi connectivity index (χ4n) is 6.67. The number of nitrogens with zero attached hydrogens (tertiary/aromatic N) is 2. The van der Waals surface area contributed by atoms with Crippen LogP contribution in [0.15, 0.2) is 42.6 Å². The molecule has 0 spiro atoms. The second kappa shape index (κ2) is 8.17. The first-order chi connectivity index (χ1) is 17.1. The van der Waals surface area contributed by atoms with E-state index in [1.54, 1.807) is 6.07 Å². The molecule has 0 aliphatic heterocycles.